The van der Waals surface area contributed by atoms with Crippen LogP contribution in [0.5, 0.6) is 0 Å². The Morgan fingerprint density at radius 2 is 1.62 bits per heavy atom. The number of carbonyl (C=O) groups is 1. The number of carbonyl (C=O) groups excluding carboxylic acids is 1. The normalized spacial score (nSPS) is 32.7. The van der Waals surface area contributed by atoms with Gasteiger partial charge in [-0.25, -0.2) is 0 Å². The van der Waals surface area contributed by atoms with Gasteiger partial charge in [0.2, 0.25) is 0 Å². The molecule has 1 spiro atoms. The summed E-state index contributed by atoms with van der Waals surface area (Å²) >= 11 is 0. The first-order chi connectivity index (χ1) is 9.42. The maximum atomic E-state index is 13.0. The van der Waals surface area contributed by atoms with E-state index in [4.69, 9.17) is 0 Å². The van der Waals surface area contributed by atoms with Gasteiger partial charge in [-0.05, 0) is 57.3 Å². The number of ketones is 1. The first-order valence-corrected chi connectivity index (χ1v) is 8.73. The molecule has 0 bridgehead atoms. The highest BCUT2D eigenvalue weighted by Crippen LogP contribution is 2.73. The standard InChI is InChI=1S/C19H35NO/c1-9-18(10-2)12-19(18)11-14(15(21)16(3,4)5)20(13-19)17(6,7)8/h14H,9-13H2,1-8H3/t14-,19+/m0/s1. The van der Waals surface area contributed by atoms with Crippen LogP contribution in [0.1, 0.15) is 81.1 Å². The van der Waals surface area contributed by atoms with Crippen LogP contribution in [0.2, 0.25) is 0 Å². The molecule has 0 N–H and O–H groups in total. The van der Waals surface area contributed by atoms with E-state index in [9.17, 15) is 4.79 Å². The van der Waals surface area contributed by atoms with Crippen LogP contribution in [0.15, 0.2) is 0 Å². The van der Waals surface area contributed by atoms with Gasteiger partial charge in [0, 0.05) is 17.5 Å². The Morgan fingerprint density at radius 1 is 1.10 bits per heavy atom. The van der Waals surface area contributed by atoms with Crippen molar-refractivity contribution in [1.82, 2.24) is 4.90 Å². The van der Waals surface area contributed by atoms with E-state index in [-0.39, 0.29) is 17.0 Å². The van der Waals surface area contributed by atoms with E-state index in [2.05, 4.69) is 60.3 Å². The van der Waals surface area contributed by atoms with Gasteiger partial charge in [0.1, 0.15) is 0 Å². The smallest absolute Gasteiger partial charge is 0.155 e. The first-order valence-electron chi connectivity index (χ1n) is 8.73. The van der Waals surface area contributed by atoms with E-state index in [1.165, 1.54) is 19.3 Å². The molecule has 122 valence electrons. The van der Waals surface area contributed by atoms with Gasteiger partial charge in [0.25, 0.3) is 0 Å². The van der Waals surface area contributed by atoms with Gasteiger partial charge in [-0.1, -0.05) is 34.6 Å². The third-order valence-corrected chi connectivity index (χ3v) is 6.37. The fourth-order valence-electron chi connectivity index (χ4n) is 4.79. The van der Waals surface area contributed by atoms with Gasteiger partial charge in [0.05, 0.1) is 6.04 Å². The van der Waals surface area contributed by atoms with E-state index in [1.807, 2.05) is 0 Å². The Bertz CT molecular complexity index is 422. The van der Waals surface area contributed by atoms with Crippen molar-refractivity contribution in [2.24, 2.45) is 16.2 Å². The lowest BCUT2D eigenvalue weighted by atomic mass is 9.81. The van der Waals surface area contributed by atoms with Crippen molar-refractivity contribution in [3.05, 3.63) is 0 Å². The molecule has 2 fully saturated rings. The van der Waals surface area contributed by atoms with Crippen molar-refractivity contribution >= 4 is 5.78 Å². The van der Waals surface area contributed by atoms with E-state index in [1.54, 1.807) is 0 Å². The van der Waals surface area contributed by atoms with Crippen LogP contribution in [0.4, 0.5) is 0 Å². The second kappa shape index (κ2) is 4.81. The summed E-state index contributed by atoms with van der Waals surface area (Å²) in [6.07, 6.45) is 4.94. The van der Waals surface area contributed by atoms with Crippen LogP contribution in [0.3, 0.4) is 0 Å². The maximum absolute atomic E-state index is 13.0. The summed E-state index contributed by atoms with van der Waals surface area (Å²) in [5, 5.41) is 0. The minimum Gasteiger partial charge on any atom is -0.297 e. The lowest BCUT2D eigenvalue weighted by Crippen LogP contribution is -2.50. The molecule has 0 aromatic carbocycles. The molecular formula is C19H35NO. The molecule has 1 aliphatic carbocycles. The molecule has 0 unspecified atom stereocenters. The highest BCUT2D eigenvalue weighted by Gasteiger charge is 2.70. The summed E-state index contributed by atoms with van der Waals surface area (Å²) in [5.41, 5.74) is 0.749. The van der Waals surface area contributed by atoms with Crippen LogP contribution in [0, 0.1) is 16.2 Å². The summed E-state index contributed by atoms with van der Waals surface area (Å²) < 4.78 is 0. The van der Waals surface area contributed by atoms with Crippen molar-refractivity contribution in [2.75, 3.05) is 6.54 Å². The average molecular weight is 293 g/mol. The zero-order valence-electron chi connectivity index (χ0n) is 15.5. The number of hydrogen-bond donors (Lipinski definition) is 0. The minimum atomic E-state index is -0.240. The molecule has 2 rings (SSSR count). The summed E-state index contributed by atoms with van der Waals surface area (Å²) in [4.78, 5) is 15.5. The zero-order chi connectivity index (χ0) is 16.3. The van der Waals surface area contributed by atoms with Gasteiger partial charge in [-0.2, -0.15) is 0 Å². The quantitative estimate of drug-likeness (QED) is 0.753. The Kier molecular flexibility index (Phi) is 3.89. The zero-order valence-corrected chi connectivity index (χ0v) is 15.5. The summed E-state index contributed by atoms with van der Waals surface area (Å²) in [6, 6.07) is 0.116. The van der Waals surface area contributed by atoms with Gasteiger partial charge in [0.15, 0.2) is 5.78 Å². The van der Waals surface area contributed by atoms with Gasteiger partial charge in [-0.3, -0.25) is 9.69 Å². The molecule has 2 nitrogen and oxygen atoms in total. The molecule has 2 aliphatic rings. The highest BCUT2D eigenvalue weighted by atomic mass is 16.1. The van der Waals surface area contributed by atoms with E-state index in [0.717, 1.165) is 13.0 Å². The van der Waals surface area contributed by atoms with Gasteiger partial charge in [-0.15, -0.1) is 0 Å². The average Bonchev–Trinajstić information content (AvgIpc) is 2.78. The molecule has 1 aliphatic heterocycles. The molecule has 1 saturated carbocycles. The molecule has 1 saturated heterocycles. The third kappa shape index (κ3) is 2.58. The molecule has 1 heterocycles. The predicted molar refractivity (Wildman–Crippen MR) is 89.4 cm³/mol. The SMILES string of the molecule is CCC1(CC)C[C@@]12C[C@@H](C(=O)C(C)(C)C)N(C(C)(C)C)C2. The molecule has 0 amide bonds. The third-order valence-electron chi connectivity index (χ3n) is 6.37. The van der Waals surface area contributed by atoms with Gasteiger partial charge >= 0.3 is 0 Å². The first kappa shape index (κ1) is 17.0. The van der Waals surface area contributed by atoms with E-state index >= 15 is 0 Å². The molecule has 0 radical (unpaired) electrons. The largest absolute Gasteiger partial charge is 0.297 e. The van der Waals surface area contributed by atoms with Gasteiger partial charge < -0.3 is 0 Å². The Morgan fingerprint density at radius 3 is 1.95 bits per heavy atom. The number of likely N-dealkylation sites (tertiary alicyclic amines) is 1. The molecule has 2 atom stereocenters. The second-order valence-corrected chi connectivity index (χ2v) is 9.58. The molecular weight excluding hydrogens is 258 g/mol. The summed E-state index contributed by atoms with van der Waals surface area (Å²) in [7, 11) is 0. The van der Waals surface area contributed by atoms with Crippen LogP contribution < -0.4 is 0 Å². The number of Topliss-reactive ketones (excluding diaryl/α,β-unsaturated/α-hetero) is 1. The van der Waals surface area contributed by atoms with Crippen molar-refractivity contribution in [3.8, 4) is 0 Å². The van der Waals surface area contributed by atoms with Crippen LogP contribution in [-0.4, -0.2) is 28.8 Å². The fourth-order valence-corrected chi connectivity index (χ4v) is 4.79. The molecule has 2 heteroatoms. The Labute approximate surface area is 131 Å². The van der Waals surface area contributed by atoms with Crippen molar-refractivity contribution < 1.29 is 4.79 Å². The number of nitrogens with zero attached hydrogens (tertiary/aromatic N) is 1. The molecule has 0 aromatic heterocycles. The Hall–Kier alpha value is -0.370. The predicted octanol–water partition coefficient (Wildman–Crippen LogP) is 4.67. The van der Waals surface area contributed by atoms with E-state index in [0.29, 0.717) is 16.6 Å². The number of rotatable bonds is 3. The topological polar surface area (TPSA) is 20.3 Å². The van der Waals surface area contributed by atoms with Crippen LogP contribution >= 0.6 is 0 Å². The number of hydrogen-bond acceptors (Lipinski definition) is 2. The lowest BCUT2D eigenvalue weighted by molar-refractivity contribution is -0.132. The Balaban J connectivity index is 2.31. The second-order valence-electron chi connectivity index (χ2n) is 9.58. The van der Waals surface area contributed by atoms with Crippen LogP contribution in [-0.2, 0) is 4.79 Å². The van der Waals surface area contributed by atoms with Crippen molar-refractivity contribution in [3.63, 3.8) is 0 Å². The van der Waals surface area contributed by atoms with Crippen molar-refractivity contribution in [1.29, 1.82) is 0 Å². The fraction of sp³-hybridized carbons (Fsp3) is 0.947. The lowest BCUT2D eigenvalue weighted by Gasteiger charge is -2.38. The van der Waals surface area contributed by atoms with E-state index < -0.39 is 0 Å². The molecule has 21 heavy (non-hydrogen) atoms. The van der Waals surface area contributed by atoms with Crippen molar-refractivity contribution in [2.45, 2.75) is 92.7 Å². The minimum absolute atomic E-state index is 0.0743. The maximum Gasteiger partial charge on any atom is 0.155 e. The van der Waals surface area contributed by atoms with Crippen LogP contribution in [0.25, 0.3) is 0 Å². The summed E-state index contributed by atoms with van der Waals surface area (Å²) in [6.45, 7) is 18.8. The highest BCUT2D eigenvalue weighted by molar-refractivity contribution is 5.89. The monoisotopic (exact) mass is 293 g/mol. The molecule has 0 aromatic rings. The summed E-state index contributed by atoms with van der Waals surface area (Å²) in [5.74, 6) is 0.433.